The highest BCUT2D eigenvalue weighted by atomic mass is 32.1. The maximum atomic E-state index is 12.5. The number of carbonyl (C=O) groups is 1. The lowest BCUT2D eigenvalue weighted by Gasteiger charge is -2.37. The largest absolute Gasteiger partial charge is 0.379 e. The van der Waals surface area contributed by atoms with Crippen LogP contribution in [-0.2, 0) is 9.53 Å². The average molecular weight is 347 g/mol. The molecule has 7 nitrogen and oxygen atoms in total. The topological polar surface area (TPSA) is 61.8 Å². The summed E-state index contributed by atoms with van der Waals surface area (Å²) in [6.45, 7) is 6.79. The van der Waals surface area contributed by atoms with Crippen LogP contribution in [0.1, 0.15) is 0 Å². The lowest BCUT2D eigenvalue weighted by molar-refractivity contribution is -0.133. The van der Waals surface area contributed by atoms with Gasteiger partial charge in [-0.3, -0.25) is 9.69 Å². The van der Waals surface area contributed by atoms with Crippen molar-refractivity contribution in [2.45, 2.75) is 0 Å². The smallest absolute Gasteiger partial charge is 0.236 e. The second kappa shape index (κ2) is 7.00. The second-order valence-corrected chi connectivity index (χ2v) is 6.99. The standard InChI is InChI=1S/C16H21N5O2S/c22-14(11-19-6-8-23-9-7-19)20-2-4-21(5-3-20)15-13-1-10-24-16(13)18-12-17-15/h1,10,12H,2-9,11H2. The Balaban J connectivity index is 1.36. The molecule has 2 aliphatic heterocycles. The number of thiophene rings is 1. The zero-order chi connectivity index (χ0) is 16.4. The van der Waals surface area contributed by atoms with E-state index in [-0.39, 0.29) is 5.91 Å². The molecule has 0 aliphatic carbocycles. The van der Waals surface area contributed by atoms with E-state index in [9.17, 15) is 4.79 Å². The lowest BCUT2D eigenvalue weighted by atomic mass is 10.2. The molecule has 8 heteroatoms. The minimum Gasteiger partial charge on any atom is -0.379 e. The van der Waals surface area contributed by atoms with E-state index in [2.05, 4.69) is 25.8 Å². The third-order valence-corrected chi connectivity index (χ3v) is 5.46. The van der Waals surface area contributed by atoms with Gasteiger partial charge in [-0.2, -0.15) is 0 Å². The molecule has 0 N–H and O–H groups in total. The van der Waals surface area contributed by atoms with Crippen molar-refractivity contribution in [3.63, 3.8) is 0 Å². The zero-order valence-corrected chi connectivity index (χ0v) is 14.4. The second-order valence-electron chi connectivity index (χ2n) is 6.09. The van der Waals surface area contributed by atoms with Gasteiger partial charge < -0.3 is 14.5 Å². The van der Waals surface area contributed by atoms with Gasteiger partial charge in [-0.25, -0.2) is 9.97 Å². The highest BCUT2D eigenvalue weighted by molar-refractivity contribution is 7.16. The number of amides is 1. The molecule has 0 saturated carbocycles. The van der Waals surface area contributed by atoms with Gasteiger partial charge in [0.05, 0.1) is 25.1 Å². The van der Waals surface area contributed by atoms with Gasteiger partial charge in [0.15, 0.2) is 0 Å². The van der Waals surface area contributed by atoms with Crippen LogP contribution in [0.5, 0.6) is 0 Å². The molecule has 0 aromatic carbocycles. The van der Waals surface area contributed by atoms with Gasteiger partial charge in [0.1, 0.15) is 17.0 Å². The van der Waals surface area contributed by atoms with Gasteiger partial charge in [0.25, 0.3) is 0 Å². The summed E-state index contributed by atoms with van der Waals surface area (Å²) < 4.78 is 5.33. The fourth-order valence-electron chi connectivity index (χ4n) is 3.25. The summed E-state index contributed by atoms with van der Waals surface area (Å²) in [5.41, 5.74) is 0. The highest BCUT2D eigenvalue weighted by Gasteiger charge is 2.25. The molecule has 0 radical (unpaired) electrons. The van der Waals surface area contributed by atoms with E-state index in [0.717, 1.165) is 68.5 Å². The van der Waals surface area contributed by atoms with Crippen LogP contribution >= 0.6 is 11.3 Å². The first-order valence-electron chi connectivity index (χ1n) is 8.32. The Morgan fingerprint density at radius 3 is 2.71 bits per heavy atom. The Kier molecular flexibility index (Phi) is 4.59. The number of anilines is 1. The lowest BCUT2D eigenvalue weighted by Crippen LogP contribution is -2.52. The monoisotopic (exact) mass is 347 g/mol. The SMILES string of the molecule is O=C(CN1CCOCC1)N1CCN(c2ncnc3sccc23)CC1. The van der Waals surface area contributed by atoms with Gasteiger partial charge in [-0.1, -0.05) is 0 Å². The van der Waals surface area contributed by atoms with Crippen molar-refractivity contribution in [2.75, 3.05) is 63.9 Å². The zero-order valence-electron chi connectivity index (χ0n) is 13.6. The third-order valence-electron chi connectivity index (χ3n) is 4.64. The quantitative estimate of drug-likeness (QED) is 0.813. The highest BCUT2D eigenvalue weighted by Crippen LogP contribution is 2.27. The summed E-state index contributed by atoms with van der Waals surface area (Å²) in [4.78, 5) is 28.7. The van der Waals surface area contributed by atoms with Crippen LogP contribution in [0.15, 0.2) is 17.8 Å². The Bertz CT molecular complexity index is 707. The number of fused-ring (bicyclic) bond motifs is 1. The van der Waals surface area contributed by atoms with Gasteiger partial charge in [-0.15, -0.1) is 11.3 Å². The van der Waals surface area contributed by atoms with Crippen LogP contribution in [0, 0.1) is 0 Å². The summed E-state index contributed by atoms with van der Waals surface area (Å²) in [7, 11) is 0. The molecular formula is C16H21N5O2S. The Hall–Kier alpha value is -1.77. The van der Waals surface area contributed by atoms with E-state index in [4.69, 9.17) is 4.74 Å². The van der Waals surface area contributed by atoms with Gasteiger partial charge in [0.2, 0.25) is 5.91 Å². The van der Waals surface area contributed by atoms with E-state index in [1.54, 1.807) is 17.7 Å². The van der Waals surface area contributed by atoms with Crippen molar-refractivity contribution in [3.8, 4) is 0 Å². The molecule has 2 aliphatic rings. The number of nitrogens with zero attached hydrogens (tertiary/aromatic N) is 5. The van der Waals surface area contributed by atoms with Crippen molar-refractivity contribution in [1.82, 2.24) is 19.8 Å². The Labute approximate surface area is 144 Å². The van der Waals surface area contributed by atoms with Gasteiger partial charge in [-0.05, 0) is 11.4 Å². The number of carbonyl (C=O) groups excluding carboxylic acids is 1. The summed E-state index contributed by atoms with van der Waals surface area (Å²) in [6.07, 6.45) is 1.63. The molecule has 0 spiro atoms. The first-order valence-corrected chi connectivity index (χ1v) is 9.20. The molecule has 1 amide bonds. The predicted molar refractivity (Wildman–Crippen MR) is 93.5 cm³/mol. The number of aromatic nitrogens is 2. The first kappa shape index (κ1) is 15.7. The van der Waals surface area contributed by atoms with E-state index in [1.165, 1.54) is 0 Å². The number of hydrogen-bond donors (Lipinski definition) is 0. The predicted octanol–water partition coefficient (Wildman–Crippen LogP) is 0.672. The van der Waals surface area contributed by atoms with E-state index < -0.39 is 0 Å². The Morgan fingerprint density at radius 1 is 1.12 bits per heavy atom. The number of morpholine rings is 1. The molecule has 2 aromatic rings. The molecule has 2 fully saturated rings. The summed E-state index contributed by atoms with van der Waals surface area (Å²) >= 11 is 1.63. The third kappa shape index (κ3) is 3.22. The molecule has 0 unspecified atom stereocenters. The van der Waals surface area contributed by atoms with Crippen molar-refractivity contribution in [3.05, 3.63) is 17.8 Å². The molecule has 0 atom stereocenters. The number of ether oxygens (including phenoxy) is 1. The van der Waals surface area contributed by atoms with Crippen LogP contribution in [0.3, 0.4) is 0 Å². The van der Waals surface area contributed by atoms with Crippen LogP contribution in [0.4, 0.5) is 5.82 Å². The van der Waals surface area contributed by atoms with Crippen molar-refractivity contribution >= 4 is 33.3 Å². The molecule has 24 heavy (non-hydrogen) atoms. The number of piperazine rings is 1. The maximum Gasteiger partial charge on any atom is 0.236 e. The molecule has 128 valence electrons. The summed E-state index contributed by atoms with van der Waals surface area (Å²) in [5.74, 6) is 1.21. The molecule has 2 saturated heterocycles. The van der Waals surface area contributed by atoms with Crippen LogP contribution in [0.25, 0.3) is 10.2 Å². The number of hydrogen-bond acceptors (Lipinski definition) is 7. The fourth-order valence-corrected chi connectivity index (χ4v) is 3.97. The molecule has 0 bridgehead atoms. The van der Waals surface area contributed by atoms with E-state index in [1.807, 2.05) is 10.3 Å². The molecular weight excluding hydrogens is 326 g/mol. The van der Waals surface area contributed by atoms with Crippen LogP contribution in [-0.4, -0.2) is 84.7 Å². The fraction of sp³-hybridized carbons (Fsp3) is 0.562. The summed E-state index contributed by atoms with van der Waals surface area (Å²) in [6, 6.07) is 2.07. The van der Waals surface area contributed by atoms with Crippen molar-refractivity contribution in [1.29, 1.82) is 0 Å². The molecule has 4 rings (SSSR count). The van der Waals surface area contributed by atoms with Crippen LogP contribution in [0.2, 0.25) is 0 Å². The van der Waals surface area contributed by atoms with Crippen molar-refractivity contribution < 1.29 is 9.53 Å². The maximum absolute atomic E-state index is 12.5. The van der Waals surface area contributed by atoms with E-state index >= 15 is 0 Å². The van der Waals surface area contributed by atoms with Gasteiger partial charge in [0, 0.05) is 39.3 Å². The Morgan fingerprint density at radius 2 is 1.92 bits per heavy atom. The molecule has 4 heterocycles. The van der Waals surface area contributed by atoms with Crippen molar-refractivity contribution in [2.24, 2.45) is 0 Å². The number of rotatable bonds is 3. The van der Waals surface area contributed by atoms with E-state index in [0.29, 0.717) is 6.54 Å². The first-order chi connectivity index (χ1) is 11.8. The van der Waals surface area contributed by atoms with Gasteiger partial charge >= 0.3 is 0 Å². The normalized spacial score (nSPS) is 19.8. The minimum absolute atomic E-state index is 0.222. The minimum atomic E-state index is 0.222. The van der Waals surface area contributed by atoms with Crippen LogP contribution < -0.4 is 4.90 Å². The average Bonchev–Trinajstić information content (AvgIpc) is 3.11. The molecule has 2 aromatic heterocycles. The summed E-state index contributed by atoms with van der Waals surface area (Å²) in [5, 5.41) is 3.15.